The third kappa shape index (κ3) is 7.51. The van der Waals surface area contributed by atoms with Gasteiger partial charge in [-0.1, -0.05) is 25.8 Å². The van der Waals surface area contributed by atoms with Crippen LogP contribution in [-0.4, -0.2) is 45.4 Å². The van der Waals surface area contributed by atoms with E-state index in [2.05, 4.69) is 17.2 Å². The second-order valence-electron chi connectivity index (χ2n) is 6.84. The highest BCUT2D eigenvalue weighted by Crippen LogP contribution is 2.16. The molecule has 0 saturated carbocycles. The number of amides is 2. The van der Waals surface area contributed by atoms with Crippen LogP contribution in [0.3, 0.4) is 0 Å². The van der Waals surface area contributed by atoms with Crippen LogP contribution < -0.4 is 5.32 Å². The molecule has 7 nitrogen and oxygen atoms in total. The van der Waals surface area contributed by atoms with Crippen LogP contribution in [-0.2, 0) is 16.1 Å². The van der Waals surface area contributed by atoms with Gasteiger partial charge in [-0.15, -0.1) is 0 Å². The predicted octanol–water partition coefficient (Wildman–Crippen LogP) is 2.44. The van der Waals surface area contributed by atoms with Gasteiger partial charge in [0.2, 0.25) is 0 Å². The van der Waals surface area contributed by atoms with Gasteiger partial charge in [0.25, 0.3) is 12.2 Å². The molecule has 1 heterocycles. The Morgan fingerprint density at radius 1 is 1.36 bits per heavy atom. The van der Waals surface area contributed by atoms with Gasteiger partial charge in [0.15, 0.2) is 0 Å². The van der Waals surface area contributed by atoms with Gasteiger partial charge >= 0.3 is 6.09 Å². The van der Waals surface area contributed by atoms with Crippen LogP contribution >= 0.6 is 0 Å². The SMILES string of the molecule is CCCCCN(C(=O)O[C@H](O)C(=O)NCc1cccnc1)C(C)(C)C. The van der Waals surface area contributed by atoms with Crippen LogP contribution in [0.5, 0.6) is 0 Å². The summed E-state index contributed by atoms with van der Waals surface area (Å²) >= 11 is 0. The highest BCUT2D eigenvalue weighted by atomic mass is 16.7. The van der Waals surface area contributed by atoms with E-state index in [4.69, 9.17) is 4.74 Å². The topological polar surface area (TPSA) is 91.8 Å². The number of aliphatic hydroxyl groups is 1. The first kappa shape index (κ1) is 20.9. The molecule has 0 fully saturated rings. The average Bonchev–Trinajstić information content (AvgIpc) is 2.56. The first-order valence-electron chi connectivity index (χ1n) is 8.58. The molecular weight excluding hydrogens is 322 g/mol. The summed E-state index contributed by atoms with van der Waals surface area (Å²) in [6.07, 6.45) is 3.55. The fourth-order valence-corrected chi connectivity index (χ4v) is 2.21. The summed E-state index contributed by atoms with van der Waals surface area (Å²) < 4.78 is 4.93. The number of carbonyl (C=O) groups is 2. The molecule has 0 aliphatic rings. The molecule has 1 atom stereocenters. The van der Waals surface area contributed by atoms with Crippen LogP contribution in [0.15, 0.2) is 24.5 Å². The molecule has 2 N–H and O–H groups in total. The lowest BCUT2D eigenvalue weighted by molar-refractivity contribution is -0.150. The normalized spacial score (nSPS) is 12.4. The maximum atomic E-state index is 12.3. The Labute approximate surface area is 149 Å². The Morgan fingerprint density at radius 3 is 2.64 bits per heavy atom. The minimum absolute atomic E-state index is 0.195. The molecule has 0 aliphatic heterocycles. The summed E-state index contributed by atoms with van der Waals surface area (Å²) in [5.74, 6) is -0.764. The third-order valence-electron chi connectivity index (χ3n) is 3.64. The fourth-order valence-electron chi connectivity index (χ4n) is 2.21. The number of nitrogens with zero attached hydrogens (tertiary/aromatic N) is 2. The number of pyridine rings is 1. The lowest BCUT2D eigenvalue weighted by Crippen LogP contribution is -2.49. The second kappa shape index (κ2) is 9.98. The molecule has 0 bridgehead atoms. The predicted molar refractivity (Wildman–Crippen MR) is 94.6 cm³/mol. The van der Waals surface area contributed by atoms with Crippen molar-refractivity contribution in [3.8, 4) is 0 Å². The first-order valence-corrected chi connectivity index (χ1v) is 8.58. The number of aromatic nitrogens is 1. The summed E-state index contributed by atoms with van der Waals surface area (Å²) in [6.45, 7) is 8.44. The second-order valence-corrected chi connectivity index (χ2v) is 6.84. The van der Waals surface area contributed by atoms with Crippen molar-refractivity contribution in [2.75, 3.05) is 6.54 Å². The number of unbranched alkanes of at least 4 members (excludes halogenated alkanes) is 2. The smallest absolute Gasteiger partial charge is 0.410 e. The fraction of sp³-hybridized carbons (Fsp3) is 0.611. The quantitative estimate of drug-likeness (QED) is 0.554. The molecule has 1 aromatic heterocycles. The number of carbonyl (C=O) groups excluding carboxylic acids is 2. The Hall–Kier alpha value is -2.15. The standard InChI is InChI=1S/C18H29N3O4/c1-5-6-7-11-21(18(2,3)4)17(24)25-16(23)15(22)20-13-14-9-8-10-19-12-14/h8-10,12,16,23H,5-7,11,13H2,1-4H3,(H,20,22)/t16-/m0/s1. The van der Waals surface area contributed by atoms with Crippen LogP contribution in [0.1, 0.15) is 52.5 Å². The van der Waals surface area contributed by atoms with Gasteiger partial charge in [-0.25, -0.2) is 4.79 Å². The summed E-state index contributed by atoms with van der Waals surface area (Å²) in [7, 11) is 0. The van der Waals surface area contributed by atoms with E-state index in [1.807, 2.05) is 20.8 Å². The first-order chi connectivity index (χ1) is 11.8. The maximum absolute atomic E-state index is 12.3. The van der Waals surface area contributed by atoms with Gasteiger partial charge in [0, 0.05) is 31.0 Å². The molecule has 0 aliphatic carbocycles. The molecule has 1 aromatic rings. The molecular formula is C18H29N3O4. The lowest BCUT2D eigenvalue weighted by atomic mass is 10.1. The summed E-state index contributed by atoms with van der Waals surface area (Å²) in [5, 5.41) is 12.4. The van der Waals surface area contributed by atoms with Crippen LogP contribution in [0, 0.1) is 0 Å². The van der Waals surface area contributed by atoms with E-state index < -0.39 is 23.8 Å². The Kier molecular flexibility index (Phi) is 8.34. The largest absolute Gasteiger partial charge is 0.412 e. The molecule has 2 amide bonds. The Balaban J connectivity index is 2.55. The molecule has 1 rings (SSSR count). The molecule has 0 unspecified atom stereocenters. The van der Waals surface area contributed by atoms with Gasteiger partial charge in [-0.05, 0) is 38.8 Å². The van der Waals surface area contributed by atoms with E-state index in [0.717, 1.165) is 24.8 Å². The van der Waals surface area contributed by atoms with Crippen molar-refractivity contribution in [1.29, 1.82) is 0 Å². The van der Waals surface area contributed by atoms with E-state index in [-0.39, 0.29) is 6.54 Å². The zero-order valence-corrected chi connectivity index (χ0v) is 15.5. The number of ether oxygens (including phenoxy) is 1. The van der Waals surface area contributed by atoms with Crippen molar-refractivity contribution in [2.45, 2.75) is 65.3 Å². The zero-order chi connectivity index (χ0) is 18.9. The number of hydrogen-bond acceptors (Lipinski definition) is 5. The summed E-state index contributed by atoms with van der Waals surface area (Å²) in [5.41, 5.74) is 0.321. The van der Waals surface area contributed by atoms with Gasteiger partial charge < -0.3 is 20.1 Å². The number of hydrogen-bond donors (Lipinski definition) is 2. The van der Waals surface area contributed by atoms with Crippen molar-refractivity contribution in [1.82, 2.24) is 15.2 Å². The number of nitrogens with one attached hydrogen (secondary N) is 1. The van der Waals surface area contributed by atoms with E-state index in [0.29, 0.717) is 6.54 Å². The molecule has 0 spiro atoms. The molecule has 0 aromatic carbocycles. The van der Waals surface area contributed by atoms with E-state index in [9.17, 15) is 14.7 Å². The van der Waals surface area contributed by atoms with Gasteiger partial charge in [-0.3, -0.25) is 9.78 Å². The minimum Gasteiger partial charge on any atom is -0.410 e. The average molecular weight is 351 g/mol. The third-order valence-corrected chi connectivity index (χ3v) is 3.64. The zero-order valence-electron chi connectivity index (χ0n) is 15.5. The number of aliphatic hydroxyl groups excluding tert-OH is 1. The van der Waals surface area contributed by atoms with Crippen molar-refractivity contribution in [2.24, 2.45) is 0 Å². The van der Waals surface area contributed by atoms with E-state index >= 15 is 0 Å². The summed E-state index contributed by atoms with van der Waals surface area (Å²) in [6, 6.07) is 3.54. The van der Waals surface area contributed by atoms with Gasteiger partial charge in [0.05, 0.1) is 0 Å². The molecule has 25 heavy (non-hydrogen) atoms. The Morgan fingerprint density at radius 2 is 2.08 bits per heavy atom. The molecule has 0 saturated heterocycles. The van der Waals surface area contributed by atoms with Crippen molar-refractivity contribution in [3.05, 3.63) is 30.1 Å². The summed E-state index contributed by atoms with van der Waals surface area (Å²) in [4.78, 5) is 29.7. The van der Waals surface area contributed by atoms with E-state index in [1.54, 1.807) is 24.5 Å². The monoisotopic (exact) mass is 351 g/mol. The van der Waals surface area contributed by atoms with Crippen LogP contribution in [0.4, 0.5) is 4.79 Å². The Bertz CT molecular complexity index is 543. The lowest BCUT2D eigenvalue weighted by Gasteiger charge is -2.35. The van der Waals surface area contributed by atoms with Crippen molar-refractivity contribution in [3.63, 3.8) is 0 Å². The van der Waals surface area contributed by atoms with Crippen molar-refractivity contribution < 1.29 is 19.4 Å². The van der Waals surface area contributed by atoms with Crippen molar-refractivity contribution >= 4 is 12.0 Å². The highest BCUT2D eigenvalue weighted by molar-refractivity contribution is 5.82. The highest BCUT2D eigenvalue weighted by Gasteiger charge is 2.30. The van der Waals surface area contributed by atoms with Gasteiger partial charge in [0.1, 0.15) is 0 Å². The van der Waals surface area contributed by atoms with Crippen LogP contribution in [0.25, 0.3) is 0 Å². The molecule has 140 valence electrons. The minimum atomic E-state index is -1.85. The van der Waals surface area contributed by atoms with E-state index in [1.165, 1.54) is 4.90 Å². The maximum Gasteiger partial charge on any atom is 0.412 e. The molecule has 7 heteroatoms. The molecule has 0 radical (unpaired) electrons. The van der Waals surface area contributed by atoms with Crippen LogP contribution in [0.2, 0.25) is 0 Å². The van der Waals surface area contributed by atoms with Gasteiger partial charge in [-0.2, -0.15) is 0 Å². The number of rotatable bonds is 8.